The Balaban J connectivity index is 1.41. The Morgan fingerprint density at radius 2 is 1.80 bits per heavy atom. The van der Waals surface area contributed by atoms with Crippen molar-refractivity contribution in [1.29, 1.82) is 0 Å². The molecule has 0 saturated carbocycles. The molecule has 3 fully saturated rings. The van der Waals surface area contributed by atoms with E-state index in [0.717, 1.165) is 5.52 Å². The number of aromatic nitrogens is 3. The van der Waals surface area contributed by atoms with Gasteiger partial charge in [-0.25, -0.2) is 4.68 Å². The lowest BCUT2D eigenvalue weighted by molar-refractivity contribution is -0.155. The largest absolute Gasteiger partial charge is 0.394 e. The number of amides is 3. The molecule has 11 nitrogen and oxygen atoms in total. The van der Waals surface area contributed by atoms with Crippen LogP contribution >= 0.6 is 0 Å². The molecule has 11 heteroatoms. The second-order valence-electron chi connectivity index (χ2n) is 12.1. The second-order valence-corrected chi connectivity index (χ2v) is 12.1. The molecule has 2 unspecified atom stereocenters. The van der Waals surface area contributed by atoms with E-state index in [1.807, 2.05) is 61.5 Å². The van der Waals surface area contributed by atoms with Crippen LogP contribution in [-0.4, -0.2) is 90.6 Å². The SMILES string of the molecule is C=CCN(Cn1nnc2ccccc21)C(=O)C1N([C@H](C)CO)C(=O)[C@@H]2[C@H](C(=O)N(CC=C)c3ccccc3)[C@]3(C)CCC12O3. The van der Waals surface area contributed by atoms with Crippen LogP contribution in [0.25, 0.3) is 11.0 Å². The Morgan fingerprint density at radius 1 is 1.09 bits per heavy atom. The summed E-state index contributed by atoms with van der Waals surface area (Å²) >= 11 is 0. The van der Waals surface area contributed by atoms with Gasteiger partial charge in [-0.1, -0.05) is 47.7 Å². The lowest BCUT2D eigenvalue weighted by Crippen LogP contribution is -2.58. The van der Waals surface area contributed by atoms with Crippen molar-refractivity contribution in [3.63, 3.8) is 0 Å². The highest BCUT2D eigenvalue weighted by molar-refractivity contribution is 6.03. The first-order chi connectivity index (χ1) is 21.2. The van der Waals surface area contributed by atoms with E-state index >= 15 is 0 Å². The molecule has 3 aromatic rings. The monoisotopic (exact) mass is 598 g/mol. The molecule has 44 heavy (non-hydrogen) atoms. The van der Waals surface area contributed by atoms with Gasteiger partial charge in [0.15, 0.2) is 0 Å². The van der Waals surface area contributed by atoms with Crippen LogP contribution in [0.15, 0.2) is 79.9 Å². The van der Waals surface area contributed by atoms with Crippen LogP contribution in [0.1, 0.15) is 26.7 Å². The van der Waals surface area contributed by atoms with Crippen molar-refractivity contribution in [2.45, 2.75) is 56.6 Å². The Bertz CT molecular complexity index is 1610. The van der Waals surface area contributed by atoms with Gasteiger partial charge in [-0.15, -0.1) is 18.3 Å². The Morgan fingerprint density at radius 3 is 2.50 bits per heavy atom. The number of carbonyl (C=O) groups is 3. The fourth-order valence-corrected chi connectivity index (χ4v) is 7.54. The number of likely N-dealkylation sites (tertiary alicyclic amines) is 1. The standard InChI is InChI=1S/C33H38N6O5/c1-5-18-36(21-38-25-15-11-10-14-24(25)34-35-38)31(43)28-33-17-16-32(4,44-33)26(27(33)30(42)39(28)22(3)20-40)29(41)37(19-6-2)23-12-8-7-9-13-23/h5-15,22,26-28,40H,1-2,16-21H2,3-4H3/t22-,26-,27+,28?,32+,33?/m1/s1. The van der Waals surface area contributed by atoms with Crippen molar-refractivity contribution in [3.05, 3.63) is 79.9 Å². The van der Waals surface area contributed by atoms with Gasteiger partial charge in [0.05, 0.1) is 35.6 Å². The van der Waals surface area contributed by atoms with E-state index in [1.165, 1.54) is 4.90 Å². The van der Waals surface area contributed by atoms with Crippen LogP contribution in [0.4, 0.5) is 5.69 Å². The Kier molecular flexibility index (Phi) is 7.63. The minimum Gasteiger partial charge on any atom is -0.394 e. The Labute approximate surface area is 256 Å². The Hall–Kier alpha value is -4.35. The first-order valence-electron chi connectivity index (χ1n) is 15.0. The molecule has 2 aromatic carbocycles. The van der Waals surface area contributed by atoms with Gasteiger partial charge in [0.25, 0.3) is 0 Å². The predicted molar refractivity (Wildman–Crippen MR) is 164 cm³/mol. The van der Waals surface area contributed by atoms with Crippen molar-refractivity contribution >= 4 is 34.4 Å². The van der Waals surface area contributed by atoms with Crippen LogP contribution < -0.4 is 4.90 Å². The lowest BCUT2D eigenvalue weighted by atomic mass is 9.66. The smallest absolute Gasteiger partial charge is 0.250 e. The van der Waals surface area contributed by atoms with Crippen molar-refractivity contribution in [2.24, 2.45) is 11.8 Å². The van der Waals surface area contributed by atoms with E-state index in [9.17, 15) is 19.5 Å². The topological polar surface area (TPSA) is 121 Å². The molecule has 3 aliphatic heterocycles. The number of rotatable bonds is 11. The summed E-state index contributed by atoms with van der Waals surface area (Å²) in [6, 6.07) is 15.0. The average molecular weight is 599 g/mol. The minimum atomic E-state index is -1.24. The molecule has 0 aliphatic carbocycles. The third-order valence-electron chi connectivity index (χ3n) is 9.49. The van der Waals surface area contributed by atoms with Gasteiger partial charge in [-0.2, -0.15) is 0 Å². The molecular formula is C33H38N6O5. The van der Waals surface area contributed by atoms with Crippen molar-refractivity contribution in [3.8, 4) is 0 Å². The van der Waals surface area contributed by atoms with Crippen molar-refractivity contribution in [2.75, 3.05) is 24.6 Å². The number of hydrogen-bond donors (Lipinski definition) is 1. The maximum atomic E-state index is 14.7. The number of para-hydroxylation sites is 2. The molecule has 3 amide bonds. The van der Waals surface area contributed by atoms with E-state index in [0.29, 0.717) is 24.0 Å². The van der Waals surface area contributed by atoms with Crippen LogP contribution in [0.2, 0.25) is 0 Å². The maximum absolute atomic E-state index is 14.7. The maximum Gasteiger partial charge on any atom is 0.250 e. The predicted octanol–water partition coefficient (Wildman–Crippen LogP) is 2.77. The zero-order valence-corrected chi connectivity index (χ0v) is 25.1. The first-order valence-corrected chi connectivity index (χ1v) is 15.0. The third kappa shape index (κ3) is 4.45. The molecule has 1 N–H and O–H groups in total. The summed E-state index contributed by atoms with van der Waals surface area (Å²) in [4.78, 5) is 48.3. The van der Waals surface area contributed by atoms with Crippen LogP contribution in [0.5, 0.6) is 0 Å². The molecule has 0 radical (unpaired) electrons. The molecule has 3 aliphatic rings. The van der Waals surface area contributed by atoms with Crippen LogP contribution in [0, 0.1) is 11.8 Å². The molecule has 3 saturated heterocycles. The highest BCUT2D eigenvalue weighted by atomic mass is 16.5. The van der Waals surface area contributed by atoms with E-state index in [-0.39, 0.29) is 44.1 Å². The summed E-state index contributed by atoms with van der Waals surface area (Å²) in [6.45, 7) is 11.4. The van der Waals surface area contributed by atoms with E-state index < -0.39 is 35.1 Å². The van der Waals surface area contributed by atoms with Crippen molar-refractivity contribution < 1.29 is 24.2 Å². The zero-order chi connectivity index (χ0) is 31.2. The lowest BCUT2D eigenvalue weighted by Gasteiger charge is -2.38. The molecule has 230 valence electrons. The van der Waals surface area contributed by atoms with Gasteiger partial charge in [-0.3, -0.25) is 14.4 Å². The molecule has 1 spiro atoms. The third-order valence-corrected chi connectivity index (χ3v) is 9.49. The molecular weight excluding hydrogens is 560 g/mol. The number of aliphatic hydroxyl groups is 1. The summed E-state index contributed by atoms with van der Waals surface area (Å²) in [6.07, 6.45) is 4.21. The minimum absolute atomic E-state index is 0.0683. The van der Waals surface area contributed by atoms with Gasteiger partial charge in [0.1, 0.15) is 23.8 Å². The molecule has 2 bridgehead atoms. The highest BCUT2D eigenvalue weighted by Gasteiger charge is 2.78. The van der Waals surface area contributed by atoms with Crippen LogP contribution in [-0.2, 0) is 25.8 Å². The number of ether oxygens (including phenoxy) is 1. The number of carbonyl (C=O) groups excluding carboxylic acids is 3. The molecule has 6 atom stereocenters. The number of nitrogens with zero attached hydrogens (tertiary/aromatic N) is 6. The zero-order valence-electron chi connectivity index (χ0n) is 25.1. The fourth-order valence-electron chi connectivity index (χ4n) is 7.54. The molecule has 6 rings (SSSR count). The second kappa shape index (κ2) is 11.3. The molecule has 1 aromatic heterocycles. The number of fused-ring (bicyclic) bond motifs is 2. The highest BCUT2D eigenvalue weighted by Crippen LogP contribution is 2.64. The molecule has 4 heterocycles. The summed E-state index contributed by atoms with van der Waals surface area (Å²) in [7, 11) is 0. The van der Waals surface area contributed by atoms with Gasteiger partial charge >= 0.3 is 0 Å². The van der Waals surface area contributed by atoms with Gasteiger partial charge in [0.2, 0.25) is 17.7 Å². The number of benzene rings is 2. The fraction of sp³-hybridized carbons (Fsp3) is 0.424. The van der Waals surface area contributed by atoms with Gasteiger partial charge < -0.3 is 24.5 Å². The first kappa shape index (κ1) is 29.7. The number of hydrogen-bond acceptors (Lipinski definition) is 7. The summed E-state index contributed by atoms with van der Waals surface area (Å²) < 4.78 is 8.44. The normalized spacial score (nSPS) is 27.8. The average Bonchev–Trinajstić information content (AvgIpc) is 3.74. The van der Waals surface area contributed by atoms with Crippen LogP contribution in [0.3, 0.4) is 0 Å². The van der Waals surface area contributed by atoms with E-state index in [4.69, 9.17) is 4.74 Å². The number of anilines is 1. The van der Waals surface area contributed by atoms with E-state index in [1.54, 1.807) is 33.6 Å². The summed E-state index contributed by atoms with van der Waals surface area (Å²) in [5.74, 6) is -2.69. The van der Waals surface area contributed by atoms with Crippen molar-refractivity contribution in [1.82, 2.24) is 24.8 Å². The quantitative estimate of drug-likeness (QED) is 0.337. The number of aliphatic hydroxyl groups excluding tert-OH is 1. The summed E-state index contributed by atoms with van der Waals surface area (Å²) in [5.41, 5.74) is -0.0585. The summed E-state index contributed by atoms with van der Waals surface area (Å²) in [5, 5.41) is 18.7. The van der Waals surface area contributed by atoms with Gasteiger partial charge in [0, 0.05) is 18.8 Å². The van der Waals surface area contributed by atoms with E-state index in [2.05, 4.69) is 23.5 Å². The van der Waals surface area contributed by atoms with Gasteiger partial charge in [-0.05, 0) is 51.0 Å².